The number of unbranched alkanes of at least 4 members (excludes halogenated alkanes) is 4. The molecule has 0 unspecified atom stereocenters. The van der Waals surface area contributed by atoms with Gasteiger partial charge in [0.1, 0.15) is 24.4 Å². The summed E-state index contributed by atoms with van der Waals surface area (Å²) < 4.78 is 19.1. The number of carbonyl (C=O) groups excluding carboxylic acids is 1. The third-order valence-corrected chi connectivity index (χ3v) is 15.2. The van der Waals surface area contributed by atoms with Crippen LogP contribution in [0.25, 0.3) is 0 Å². The molecule has 0 bridgehead atoms. The minimum Gasteiger partial charge on any atom is -0.461 e. The van der Waals surface area contributed by atoms with Gasteiger partial charge >= 0.3 is 5.97 Å². The lowest BCUT2D eigenvalue weighted by molar-refractivity contribution is -0.304. The third-order valence-electron chi connectivity index (χ3n) is 15.2. The van der Waals surface area contributed by atoms with Gasteiger partial charge < -0.3 is 29.5 Å². The lowest BCUT2D eigenvalue weighted by atomic mass is 9.38. The summed E-state index contributed by atoms with van der Waals surface area (Å²) in [6.07, 6.45) is 14.1. The van der Waals surface area contributed by atoms with E-state index in [9.17, 15) is 20.1 Å². The van der Waals surface area contributed by atoms with Gasteiger partial charge in [-0.1, -0.05) is 97.4 Å². The lowest BCUT2D eigenvalue weighted by Crippen LogP contribution is -2.66. The fourth-order valence-corrected chi connectivity index (χ4v) is 12.0. The van der Waals surface area contributed by atoms with E-state index in [0.29, 0.717) is 24.2 Å². The van der Waals surface area contributed by atoms with Crippen LogP contribution < -0.4 is 0 Å². The fourth-order valence-electron chi connectivity index (χ4n) is 12.0. The van der Waals surface area contributed by atoms with Crippen molar-refractivity contribution >= 4 is 5.97 Å². The van der Waals surface area contributed by atoms with Crippen LogP contribution in [0.3, 0.4) is 0 Å². The quantitative estimate of drug-likeness (QED) is 0.0764. The van der Waals surface area contributed by atoms with Crippen LogP contribution in [0.4, 0.5) is 0 Å². The van der Waals surface area contributed by atoms with Crippen LogP contribution in [0.15, 0.2) is 23.3 Å². The monoisotopic (exact) mass is 701 g/mol. The first-order valence-corrected chi connectivity index (χ1v) is 20.4. The van der Waals surface area contributed by atoms with Crippen molar-refractivity contribution in [1.29, 1.82) is 0 Å². The van der Waals surface area contributed by atoms with Gasteiger partial charge in [-0.2, -0.15) is 0 Å². The number of fused-ring (bicyclic) bond motifs is 5. The van der Waals surface area contributed by atoms with E-state index in [-0.39, 0.29) is 52.4 Å². The number of hydrogen-bond acceptors (Lipinski definition) is 7. The van der Waals surface area contributed by atoms with Gasteiger partial charge in [-0.25, -0.2) is 0 Å². The molecule has 5 rings (SSSR count). The maximum atomic E-state index is 13.8. The lowest BCUT2D eigenvalue weighted by Gasteiger charge is -2.68. The molecule has 7 heteroatoms. The summed E-state index contributed by atoms with van der Waals surface area (Å²) in [5.41, 5.74) is 2.23. The number of allylic oxidation sites excluding steroid dienone is 3. The second-order valence-electron chi connectivity index (χ2n) is 18.7. The molecule has 0 radical (unpaired) electrons. The molecule has 1 heterocycles. The van der Waals surface area contributed by atoms with Gasteiger partial charge in [0.25, 0.3) is 0 Å². The Morgan fingerprint density at radius 2 is 1.72 bits per heavy atom. The third kappa shape index (κ3) is 7.18. The van der Waals surface area contributed by atoms with Gasteiger partial charge in [-0.05, 0) is 112 Å². The molecule has 4 fully saturated rings. The number of ether oxygens (including phenoxy) is 3. The molecule has 13 atom stereocenters. The average Bonchev–Trinajstić information content (AvgIpc) is 3.41. The normalized spacial score (nSPS) is 42.8. The molecular formula is C43H72O7. The van der Waals surface area contributed by atoms with Gasteiger partial charge in [0.2, 0.25) is 0 Å². The first kappa shape index (κ1) is 39.9. The van der Waals surface area contributed by atoms with E-state index in [2.05, 4.69) is 74.5 Å². The SMILES string of the molecule is CCCCCCCC(=O)O[C@@H]1C[C@H]2C(C)(C)[C@@H](O[C@H]3OC[C@H](O)[C@H](O)[C@H]3O)CC[C@]2(C)C2=CC[C@@H]3[C@@H]([C@H](C)CCC=C(C)C)CC[C@@]3(C)[C@@]21C. The standard InChI is InChI=1S/C43H72O7/c1-10-11-12-13-14-18-36(45)49-35-25-33-40(5,6)34(50-39-38(47)37(46)31(44)26-48-39)22-23-41(33,7)32-20-19-30-29(28(4)17-15-16-27(2)3)21-24-42(30,8)43(32,35)9/h16,20,28-31,33-35,37-39,44,46-47H,10-15,17-19,21-26H2,1-9H3/t28-,29-,30-,31+,33+,34+,35-,37+,38-,39-,41-,42-,43+/m1/s1. The van der Waals surface area contributed by atoms with E-state index in [1.807, 2.05) is 0 Å². The van der Waals surface area contributed by atoms with Crippen molar-refractivity contribution in [3.05, 3.63) is 23.3 Å². The molecule has 1 aliphatic heterocycles. The van der Waals surface area contributed by atoms with Crippen molar-refractivity contribution in [1.82, 2.24) is 0 Å². The zero-order valence-electron chi connectivity index (χ0n) is 33.0. The number of esters is 1. The average molecular weight is 701 g/mol. The van der Waals surface area contributed by atoms with Gasteiger partial charge in [-0.3, -0.25) is 4.79 Å². The van der Waals surface area contributed by atoms with Crippen LogP contribution in [-0.4, -0.2) is 64.7 Å². The smallest absolute Gasteiger partial charge is 0.306 e. The number of hydrogen-bond donors (Lipinski definition) is 3. The van der Waals surface area contributed by atoms with E-state index in [1.54, 1.807) is 0 Å². The van der Waals surface area contributed by atoms with Crippen LogP contribution in [0, 0.1) is 45.3 Å². The Hall–Kier alpha value is -1.25. The van der Waals surface area contributed by atoms with Gasteiger partial charge in [0.15, 0.2) is 6.29 Å². The number of carbonyl (C=O) groups is 1. The summed E-state index contributed by atoms with van der Waals surface area (Å²) in [5, 5.41) is 31.2. The van der Waals surface area contributed by atoms with E-state index >= 15 is 0 Å². The Bertz CT molecular complexity index is 1240. The fraction of sp³-hybridized carbons (Fsp3) is 0.884. The molecule has 286 valence electrons. The maximum Gasteiger partial charge on any atom is 0.306 e. The number of aliphatic hydroxyl groups is 3. The Balaban J connectivity index is 1.45. The van der Waals surface area contributed by atoms with Gasteiger partial charge in [0.05, 0.1) is 12.7 Å². The van der Waals surface area contributed by atoms with Crippen molar-refractivity contribution < 1.29 is 34.3 Å². The topological polar surface area (TPSA) is 105 Å². The molecule has 0 aromatic carbocycles. The molecule has 7 nitrogen and oxygen atoms in total. The van der Waals surface area contributed by atoms with Gasteiger partial charge in [0, 0.05) is 11.8 Å². The molecule has 5 aliphatic rings. The van der Waals surface area contributed by atoms with E-state index in [0.717, 1.165) is 57.8 Å². The molecular weight excluding hydrogens is 628 g/mol. The van der Waals surface area contributed by atoms with E-state index < -0.39 is 24.6 Å². The van der Waals surface area contributed by atoms with Crippen LogP contribution in [-0.2, 0) is 19.0 Å². The first-order chi connectivity index (χ1) is 23.5. The summed E-state index contributed by atoms with van der Waals surface area (Å²) in [6, 6.07) is 0. The number of rotatable bonds is 13. The molecule has 0 spiro atoms. The molecule has 3 saturated carbocycles. The molecule has 1 saturated heterocycles. The predicted molar refractivity (Wildman–Crippen MR) is 198 cm³/mol. The Kier molecular flexibility index (Phi) is 12.5. The molecule has 0 aromatic rings. The predicted octanol–water partition coefficient (Wildman–Crippen LogP) is 8.68. The Labute approximate surface area is 304 Å². The minimum absolute atomic E-state index is 0.0289. The Morgan fingerprint density at radius 1 is 1.00 bits per heavy atom. The highest BCUT2D eigenvalue weighted by molar-refractivity contribution is 5.69. The summed E-state index contributed by atoms with van der Waals surface area (Å²) in [6.45, 7) is 21.0. The zero-order chi connectivity index (χ0) is 36.6. The molecule has 0 aromatic heterocycles. The van der Waals surface area contributed by atoms with Crippen molar-refractivity contribution in [2.24, 2.45) is 45.3 Å². The highest BCUT2D eigenvalue weighted by Gasteiger charge is 2.70. The maximum absolute atomic E-state index is 13.8. The second kappa shape index (κ2) is 15.6. The van der Waals surface area contributed by atoms with E-state index in [4.69, 9.17) is 14.2 Å². The van der Waals surface area contributed by atoms with E-state index in [1.165, 1.54) is 36.8 Å². The summed E-state index contributed by atoms with van der Waals surface area (Å²) in [5.74, 6) is 1.99. The van der Waals surface area contributed by atoms with Crippen LogP contribution >= 0.6 is 0 Å². The van der Waals surface area contributed by atoms with Crippen LogP contribution in [0.2, 0.25) is 0 Å². The van der Waals surface area contributed by atoms with Crippen LogP contribution in [0.1, 0.15) is 152 Å². The first-order valence-electron chi connectivity index (χ1n) is 20.4. The second-order valence-corrected chi connectivity index (χ2v) is 18.7. The van der Waals surface area contributed by atoms with Crippen molar-refractivity contribution in [2.45, 2.75) is 189 Å². The molecule has 50 heavy (non-hydrogen) atoms. The molecule has 4 aliphatic carbocycles. The highest BCUT2D eigenvalue weighted by Crippen LogP contribution is 2.74. The minimum atomic E-state index is -1.32. The van der Waals surface area contributed by atoms with Gasteiger partial charge in [-0.15, -0.1) is 0 Å². The summed E-state index contributed by atoms with van der Waals surface area (Å²) in [7, 11) is 0. The number of aliphatic hydroxyl groups excluding tert-OH is 3. The van der Waals surface area contributed by atoms with Crippen molar-refractivity contribution in [3.63, 3.8) is 0 Å². The zero-order valence-corrected chi connectivity index (χ0v) is 33.0. The van der Waals surface area contributed by atoms with Crippen molar-refractivity contribution in [2.75, 3.05) is 6.61 Å². The Morgan fingerprint density at radius 3 is 2.42 bits per heavy atom. The molecule has 0 amide bonds. The largest absolute Gasteiger partial charge is 0.461 e. The van der Waals surface area contributed by atoms with Crippen molar-refractivity contribution in [3.8, 4) is 0 Å². The summed E-state index contributed by atoms with van der Waals surface area (Å²) >= 11 is 0. The summed E-state index contributed by atoms with van der Waals surface area (Å²) in [4.78, 5) is 13.8. The molecule has 3 N–H and O–H groups in total. The van der Waals surface area contributed by atoms with Crippen LogP contribution in [0.5, 0.6) is 0 Å². The highest BCUT2D eigenvalue weighted by atomic mass is 16.7.